The number of piperidine rings is 2. The zero-order valence-corrected chi connectivity index (χ0v) is 15.5. The first-order chi connectivity index (χ1) is 12.0. The maximum absolute atomic E-state index is 12.5. The van der Waals surface area contributed by atoms with Gasteiger partial charge in [0.1, 0.15) is 5.82 Å². The minimum Gasteiger partial charge on any atom is -0.343 e. The highest BCUT2D eigenvalue weighted by molar-refractivity contribution is 5.76. The quantitative estimate of drug-likeness (QED) is 0.904. The molecule has 3 heterocycles. The lowest BCUT2D eigenvalue weighted by Gasteiger charge is -2.33. The van der Waals surface area contributed by atoms with Gasteiger partial charge >= 0.3 is 0 Å². The standard InChI is InChI=1S/C19H30N4O2/c1-14-20-17(12-18(24)21-14)16-7-10-23(11-8-16)19(25)6-5-15-4-3-9-22(2)13-15/h12,15-16H,3-11,13H2,1-2H3,(H,20,21,24)/t15-/m0/s1. The van der Waals surface area contributed by atoms with Crippen LogP contribution < -0.4 is 5.56 Å². The molecule has 25 heavy (non-hydrogen) atoms. The SMILES string of the molecule is Cc1nc(C2CCN(C(=O)CC[C@@H]3CCCN(C)C3)CC2)cc(=O)[nH]1. The average Bonchev–Trinajstić information content (AvgIpc) is 2.59. The number of hydrogen-bond donors (Lipinski definition) is 1. The summed E-state index contributed by atoms with van der Waals surface area (Å²) in [5.74, 6) is 1.92. The largest absolute Gasteiger partial charge is 0.343 e. The van der Waals surface area contributed by atoms with E-state index in [9.17, 15) is 9.59 Å². The molecule has 1 N–H and O–H groups in total. The molecule has 0 saturated carbocycles. The van der Waals surface area contributed by atoms with E-state index >= 15 is 0 Å². The fraction of sp³-hybridized carbons (Fsp3) is 0.737. The van der Waals surface area contributed by atoms with E-state index in [1.807, 2.05) is 11.8 Å². The summed E-state index contributed by atoms with van der Waals surface area (Å²) in [5, 5.41) is 0. The van der Waals surface area contributed by atoms with Gasteiger partial charge < -0.3 is 14.8 Å². The molecule has 1 aromatic rings. The van der Waals surface area contributed by atoms with Gasteiger partial charge in [-0.1, -0.05) is 0 Å². The van der Waals surface area contributed by atoms with Crippen LogP contribution in [0.2, 0.25) is 0 Å². The van der Waals surface area contributed by atoms with Crippen molar-refractivity contribution in [3.63, 3.8) is 0 Å². The lowest BCUT2D eigenvalue weighted by molar-refractivity contribution is -0.132. The Labute approximate surface area is 149 Å². The molecular weight excluding hydrogens is 316 g/mol. The molecule has 0 radical (unpaired) electrons. The Morgan fingerprint density at radius 2 is 2.04 bits per heavy atom. The van der Waals surface area contributed by atoms with Crippen molar-refractivity contribution in [1.29, 1.82) is 0 Å². The Kier molecular flexibility index (Phi) is 5.89. The topological polar surface area (TPSA) is 69.3 Å². The van der Waals surface area contributed by atoms with Crippen LogP contribution in [0.1, 0.15) is 56.0 Å². The van der Waals surface area contributed by atoms with E-state index in [0.717, 1.165) is 44.6 Å². The average molecular weight is 346 g/mol. The predicted molar refractivity (Wildman–Crippen MR) is 97.6 cm³/mol. The van der Waals surface area contributed by atoms with Gasteiger partial charge in [-0.15, -0.1) is 0 Å². The van der Waals surface area contributed by atoms with Crippen LogP contribution in [0.5, 0.6) is 0 Å². The molecular formula is C19H30N4O2. The van der Waals surface area contributed by atoms with Gasteiger partial charge in [-0.25, -0.2) is 4.98 Å². The maximum Gasteiger partial charge on any atom is 0.251 e. The van der Waals surface area contributed by atoms with Gasteiger partial charge in [0.25, 0.3) is 5.56 Å². The highest BCUT2D eigenvalue weighted by atomic mass is 16.2. The Hall–Kier alpha value is -1.69. The van der Waals surface area contributed by atoms with Crippen LogP contribution in [-0.4, -0.2) is 58.9 Å². The summed E-state index contributed by atoms with van der Waals surface area (Å²) in [6.45, 7) is 5.69. The molecule has 0 aliphatic carbocycles. The Morgan fingerprint density at radius 3 is 2.72 bits per heavy atom. The zero-order valence-electron chi connectivity index (χ0n) is 15.5. The summed E-state index contributed by atoms with van der Waals surface area (Å²) < 4.78 is 0. The molecule has 2 aliphatic heterocycles. The highest BCUT2D eigenvalue weighted by Gasteiger charge is 2.26. The molecule has 0 spiro atoms. The lowest BCUT2D eigenvalue weighted by Crippen LogP contribution is -2.39. The molecule has 3 rings (SSSR count). The molecule has 1 atom stereocenters. The summed E-state index contributed by atoms with van der Waals surface area (Å²) in [6, 6.07) is 1.61. The van der Waals surface area contributed by atoms with Crippen LogP contribution in [0.3, 0.4) is 0 Å². The molecule has 0 bridgehead atoms. The fourth-order valence-corrected chi connectivity index (χ4v) is 4.23. The number of aromatic nitrogens is 2. The first kappa shape index (κ1) is 18.1. The second kappa shape index (κ2) is 8.13. The first-order valence-electron chi connectivity index (χ1n) is 9.55. The Bertz CT molecular complexity index is 649. The maximum atomic E-state index is 12.5. The van der Waals surface area contributed by atoms with Crippen molar-refractivity contribution in [3.05, 3.63) is 27.9 Å². The van der Waals surface area contributed by atoms with Gasteiger partial charge in [-0.3, -0.25) is 9.59 Å². The van der Waals surface area contributed by atoms with Gasteiger partial charge in [-0.05, 0) is 58.5 Å². The third kappa shape index (κ3) is 4.91. The van der Waals surface area contributed by atoms with Crippen LogP contribution in [0.25, 0.3) is 0 Å². The van der Waals surface area contributed by atoms with E-state index in [0.29, 0.717) is 24.1 Å². The number of carbonyl (C=O) groups is 1. The minimum absolute atomic E-state index is 0.0848. The van der Waals surface area contributed by atoms with E-state index in [1.165, 1.54) is 19.4 Å². The van der Waals surface area contributed by atoms with E-state index in [-0.39, 0.29) is 11.5 Å². The summed E-state index contributed by atoms with van der Waals surface area (Å²) in [6.07, 6.45) is 5.99. The molecule has 2 fully saturated rings. The number of aromatic amines is 1. The third-order valence-electron chi connectivity index (χ3n) is 5.63. The van der Waals surface area contributed by atoms with Crippen LogP contribution >= 0.6 is 0 Å². The molecule has 138 valence electrons. The van der Waals surface area contributed by atoms with Gasteiger partial charge in [0.05, 0.1) is 5.69 Å². The first-order valence-corrected chi connectivity index (χ1v) is 9.55. The van der Waals surface area contributed by atoms with Crippen molar-refractivity contribution in [2.45, 2.75) is 51.4 Å². The lowest BCUT2D eigenvalue weighted by atomic mass is 9.91. The van der Waals surface area contributed by atoms with Crippen LogP contribution in [0.15, 0.2) is 10.9 Å². The Balaban J connectivity index is 1.46. The molecule has 1 aromatic heterocycles. The number of rotatable bonds is 4. The second-order valence-electron chi connectivity index (χ2n) is 7.72. The van der Waals surface area contributed by atoms with E-state index in [2.05, 4.69) is 21.9 Å². The summed E-state index contributed by atoms with van der Waals surface area (Å²) in [5.41, 5.74) is 0.789. The molecule has 0 aromatic carbocycles. The van der Waals surface area contributed by atoms with Gasteiger partial charge in [0.2, 0.25) is 5.91 Å². The van der Waals surface area contributed by atoms with Crippen LogP contribution in [0.4, 0.5) is 0 Å². The van der Waals surface area contributed by atoms with E-state index in [1.54, 1.807) is 6.07 Å². The number of H-pyrrole nitrogens is 1. The smallest absolute Gasteiger partial charge is 0.251 e. The molecule has 1 amide bonds. The minimum atomic E-state index is -0.0848. The second-order valence-corrected chi connectivity index (χ2v) is 7.72. The van der Waals surface area contributed by atoms with Crippen molar-refractivity contribution in [2.24, 2.45) is 5.92 Å². The summed E-state index contributed by atoms with van der Waals surface area (Å²) >= 11 is 0. The van der Waals surface area contributed by atoms with E-state index < -0.39 is 0 Å². The summed E-state index contributed by atoms with van der Waals surface area (Å²) in [4.78, 5) is 35.7. The van der Waals surface area contributed by atoms with Crippen molar-refractivity contribution in [1.82, 2.24) is 19.8 Å². The highest BCUT2D eigenvalue weighted by Crippen LogP contribution is 2.27. The van der Waals surface area contributed by atoms with Crippen molar-refractivity contribution in [2.75, 3.05) is 33.2 Å². The number of nitrogens with zero attached hydrogens (tertiary/aromatic N) is 3. The number of nitrogens with one attached hydrogen (secondary N) is 1. The molecule has 0 unspecified atom stereocenters. The molecule has 6 nitrogen and oxygen atoms in total. The van der Waals surface area contributed by atoms with Crippen LogP contribution in [0, 0.1) is 12.8 Å². The third-order valence-corrected chi connectivity index (χ3v) is 5.63. The monoisotopic (exact) mass is 346 g/mol. The molecule has 2 aliphatic rings. The Morgan fingerprint density at radius 1 is 1.28 bits per heavy atom. The number of aryl methyl sites for hydroxylation is 1. The summed E-state index contributed by atoms with van der Waals surface area (Å²) in [7, 11) is 2.17. The normalized spacial score (nSPS) is 23.0. The van der Waals surface area contributed by atoms with Gasteiger partial charge in [0.15, 0.2) is 0 Å². The van der Waals surface area contributed by atoms with E-state index in [4.69, 9.17) is 0 Å². The van der Waals surface area contributed by atoms with Gasteiger partial charge in [-0.2, -0.15) is 0 Å². The van der Waals surface area contributed by atoms with Crippen molar-refractivity contribution in [3.8, 4) is 0 Å². The van der Waals surface area contributed by atoms with Gasteiger partial charge in [0, 0.05) is 38.0 Å². The number of carbonyl (C=O) groups excluding carboxylic acids is 1. The number of likely N-dealkylation sites (tertiary alicyclic amines) is 2. The van der Waals surface area contributed by atoms with Crippen molar-refractivity contribution < 1.29 is 4.79 Å². The zero-order chi connectivity index (χ0) is 17.8. The molecule has 6 heteroatoms. The molecule has 2 saturated heterocycles. The fourth-order valence-electron chi connectivity index (χ4n) is 4.23. The number of hydrogen-bond acceptors (Lipinski definition) is 4. The van der Waals surface area contributed by atoms with Crippen LogP contribution in [-0.2, 0) is 4.79 Å². The van der Waals surface area contributed by atoms with Crippen molar-refractivity contribution >= 4 is 5.91 Å². The predicted octanol–water partition coefficient (Wildman–Crippen LogP) is 1.91. The number of amides is 1.